The van der Waals surface area contributed by atoms with Gasteiger partial charge in [-0.05, 0) is 50.1 Å². The minimum atomic E-state index is -0.205. The van der Waals surface area contributed by atoms with E-state index in [2.05, 4.69) is 33.9 Å². The first-order chi connectivity index (χ1) is 14.1. The minimum Gasteiger partial charge on any atom is -0.487 e. The van der Waals surface area contributed by atoms with Crippen LogP contribution in [0, 0.1) is 12.8 Å². The van der Waals surface area contributed by atoms with Crippen LogP contribution in [0.3, 0.4) is 0 Å². The number of anilines is 1. The number of carbonyl (C=O) groups is 1. The molecule has 2 saturated heterocycles. The molecule has 0 aliphatic carbocycles. The van der Waals surface area contributed by atoms with Crippen molar-refractivity contribution in [3.8, 4) is 16.3 Å². The number of ether oxygens (including phenoxy) is 2. The predicted octanol–water partition coefficient (Wildman–Crippen LogP) is 3.41. The van der Waals surface area contributed by atoms with Crippen molar-refractivity contribution in [3.63, 3.8) is 0 Å². The number of nitrogens with one attached hydrogen (secondary N) is 3. The second kappa shape index (κ2) is 9.11. The van der Waals surface area contributed by atoms with Gasteiger partial charge in [0.1, 0.15) is 22.7 Å². The van der Waals surface area contributed by atoms with Gasteiger partial charge in [-0.3, -0.25) is 5.32 Å². The first-order valence-electron chi connectivity index (χ1n) is 10.2. The van der Waals surface area contributed by atoms with E-state index in [0.717, 1.165) is 54.4 Å². The molecule has 3 heterocycles. The number of amides is 2. The van der Waals surface area contributed by atoms with Crippen LogP contribution in [0.25, 0.3) is 10.6 Å². The molecule has 29 heavy (non-hydrogen) atoms. The van der Waals surface area contributed by atoms with Gasteiger partial charge in [-0.2, -0.15) is 0 Å². The lowest BCUT2D eigenvalue weighted by atomic mass is 10.1. The molecule has 2 aliphatic heterocycles. The van der Waals surface area contributed by atoms with Crippen LogP contribution in [0.2, 0.25) is 0 Å². The highest BCUT2D eigenvalue weighted by Gasteiger charge is 2.26. The Morgan fingerprint density at radius 3 is 3.00 bits per heavy atom. The van der Waals surface area contributed by atoms with E-state index in [1.54, 1.807) is 0 Å². The monoisotopic (exact) mass is 416 g/mol. The third kappa shape index (κ3) is 5.07. The normalized spacial score (nSPS) is 24.3. The highest BCUT2D eigenvalue weighted by atomic mass is 32.1. The molecule has 7 nitrogen and oxygen atoms in total. The number of aromatic nitrogens is 1. The van der Waals surface area contributed by atoms with Crippen LogP contribution < -0.4 is 20.7 Å². The van der Waals surface area contributed by atoms with E-state index in [0.29, 0.717) is 18.3 Å². The molecular weight excluding hydrogens is 388 g/mol. The van der Waals surface area contributed by atoms with Crippen LogP contribution >= 0.6 is 11.3 Å². The van der Waals surface area contributed by atoms with E-state index >= 15 is 0 Å². The molecule has 1 aromatic carbocycles. The average molecular weight is 417 g/mol. The maximum Gasteiger partial charge on any atom is 0.320 e. The van der Waals surface area contributed by atoms with Gasteiger partial charge in [0.2, 0.25) is 0 Å². The van der Waals surface area contributed by atoms with Gasteiger partial charge >= 0.3 is 6.03 Å². The maximum absolute atomic E-state index is 12.2. The van der Waals surface area contributed by atoms with Crippen LogP contribution in [-0.4, -0.2) is 49.5 Å². The minimum absolute atomic E-state index is 0.105. The third-order valence-electron chi connectivity index (χ3n) is 5.38. The van der Waals surface area contributed by atoms with Crippen molar-refractivity contribution in [2.24, 2.45) is 5.92 Å². The lowest BCUT2D eigenvalue weighted by molar-refractivity contribution is 0.137. The van der Waals surface area contributed by atoms with Crippen LogP contribution in [0.1, 0.15) is 25.3 Å². The molecule has 8 heteroatoms. The number of nitrogens with zero attached hydrogens (tertiary/aromatic N) is 1. The summed E-state index contributed by atoms with van der Waals surface area (Å²) in [5.74, 6) is 1.85. The Hall–Kier alpha value is -2.16. The molecule has 3 N–H and O–H groups in total. The molecule has 2 fully saturated rings. The van der Waals surface area contributed by atoms with Crippen LogP contribution in [0.15, 0.2) is 23.6 Å². The average Bonchev–Trinajstić information content (AvgIpc) is 3.33. The SMILES string of the molecule is Cc1cc(-c2nc(NC(=O)N[C@H]3CCCNC3)cs2)ccc1O[C@@H]1COC[C@H]1C. The fourth-order valence-electron chi connectivity index (χ4n) is 3.65. The van der Waals surface area contributed by atoms with Crippen molar-refractivity contribution in [2.75, 3.05) is 31.6 Å². The third-order valence-corrected chi connectivity index (χ3v) is 6.27. The zero-order chi connectivity index (χ0) is 20.2. The number of piperidine rings is 1. The zero-order valence-corrected chi connectivity index (χ0v) is 17.7. The summed E-state index contributed by atoms with van der Waals surface area (Å²) in [5.41, 5.74) is 2.08. The Labute approximate surface area is 175 Å². The van der Waals surface area contributed by atoms with Gasteiger partial charge in [0.15, 0.2) is 0 Å². The Kier molecular flexibility index (Phi) is 6.32. The number of thiazole rings is 1. The van der Waals surface area contributed by atoms with Crippen molar-refractivity contribution in [1.82, 2.24) is 15.6 Å². The number of carbonyl (C=O) groups excluding carboxylic acids is 1. The van der Waals surface area contributed by atoms with Gasteiger partial charge in [-0.25, -0.2) is 9.78 Å². The molecule has 0 unspecified atom stereocenters. The second-order valence-corrected chi connectivity index (χ2v) is 8.69. The van der Waals surface area contributed by atoms with Gasteiger partial charge in [0, 0.05) is 29.4 Å². The molecule has 2 aromatic rings. The lowest BCUT2D eigenvalue weighted by Crippen LogP contribution is -2.47. The molecule has 156 valence electrons. The molecular formula is C21H28N4O3S. The van der Waals surface area contributed by atoms with E-state index in [-0.39, 0.29) is 18.2 Å². The zero-order valence-electron chi connectivity index (χ0n) is 16.9. The van der Waals surface area contributed by atoms with Gasteiger partial charge < -0.3 is 20.1 Å². The van der Waals surface area contributed by atoms with Crippen molar-refractivity contribution >= 4 is 23.2 Å². The number of aryl methyl sites for hydroxylation is 1. The summed E-state index contributed by atoms with van der Waals surface area (Å²) in [4.78, 5) is 16.8. The Morgan fingerprint density at radius 2 is 2.28 bits per heavy atom. The van der Waals surface area contributed by atoms with Crippen molar-refractivity contribution in [1.29, 1.82) is 0 Å². The van der Waals surface area contributed by atoms with E-state index < -0.39 is 0 Å². The van der Waals surface area contributed by atoms with E-state index in [1.165, 1.54) is 11.3 Å². The summed E-state index contributed by atoms with van der Waals surface area (Å²) < 4.78 is 11.6. The van der Waals surface area contributed by atoms with E-state index in [1.807, 2.05) is 24.4 Å². The Morgan fingerprint density at radius 1 is 1.38 bits per heavy atom. The standard InChI is InChI=1S/C21H28N4O3S/c1-13-8-15(5-6-17(13)28-18-11-27-10-14(18)2)20-24-19(12-29-20)25-21(26)23-16-4-3-7-22-9-16/h5-6,8,12,14,16,18,22H,3-4,7,9-11H2,1-2H3,(H2,23,25,26)/t14-,16+,18-/m1/s1. The lowest BCUT2D eigenvalue weighted by Gasteiger charge is -2.23. The van der Waals surface area contributed by atoms with Gasteiger partial charge in [0.25, 0.3) is 0 Å². The molecule has 0 radical (unpaired) electrons. The summed E-state index contributed by atoms with van der Waals surface area (Å²) in [6, 6.07) is 6.05. The summed E-state index contributed by atoms with van der Waals surface area (Å²) in [7, 11) is 0. The molecule has 2 amide bonds. The summed E-state index contributed by atoms with van der Waals surface area (Å²) >= 11 is 1.51. The van der Waals surface area contributed by atoms with Crippen LogP contribution in [-0.2, 0) is 4.74 Å². The van der Waals surface area contributed by atoms with Crippen molar-refractivity contribution in [2.45, 2.75) is 38.8 Å². The van der Waals surface area contributed by atoms with Crippen LogP contribution in [0.5, 0.6) is 5.75 Å². The van der Waals surface area contributed by atoms with Gasteiger partial charge in [-0.1, -0.05) is 6.92 Å². The van der Waals surface area contributed by atoms with Crippen molar-refractivity contribution in [3.05, 3.63) is 29.1 Å². The first-order valence-corrected chi connectivity index (χ1v) is 11.1. The molecule has 3 atom stereocenters. The van der Waals surface area contributed by atoms with Crippen molar-refractivity contribution < 1.29 is 14.3 Å². The summed E-state index contributed by atoms with van der Waals surface area (Å²) in [6.07, 6.45) is 2.19. The smallest absolute Gasteiger partial charge is 0.320 e. The number of benzene rings is 1. The van der Waals surface area contributed by atoms with Crippen LogP contribution in [0.4, 0.5) is 10.6 Å². The van der Waals surface area contributed by atoms with Gasteiger partial charge in [-0.15, -0.1) is 11.3 Å². The fraction of sp³-hybridized carbons (Fsp3) is 0.524. The fourth-order valence-corrected chi connectivity index (χ4v) is 4.40. The van der Waals surface area contributed by atoms with E-state index in [4.69, 9.17) is 9.47 Å². The van der Waals surface area contributed by atoms with E-state index in [9.17, 15) is 4.79 Å². The molecule has 0 bridgehead atoms. The predicted molar refractivity (Wildman–Crippen MR) is 115 cm³/mol. The first kappa shape index (κ1) is 20.1. The Balaban J connectivity index is 1.37. The van der Waals surface area contributed by atoms with Gasteiger partial charge in [0.05, 0.1) is 13.2 Å². The summed E-state index contributed by atoms with van der Waals surface area (Å²) in [5, 5.41) is 11.9. The number of rotatable bonds is 5. The number of hydrogen-bond acceptors (Lipinski definition) is 6. The highest BCUT2D eigenvalue weighted by molar-refractivity contribution is 7.13. The number of urea groups is 1. The quantitative estimate of drug-likeness (QED) is 0.696. The highest BCUT2D eigenvalue weighted by Crippen LogP contribution is 2.31. The molecule has 0 saturated carbocycles. The largest absolute Gasteiger partial charge is 0.487 e. The Bertz CT molecular complexity index is 850. The summed E-state index contributed by atoms with van der Waals surface area (Å²) in [6.45, 7) is 7.41. The second-order valence-electron chi connectivity index (χ2n) is 7.83. The molecule has 0 spiro atoms. The molecule has 4 rings (SSSR count). The maximum atomic E-state index is 12.2. The molecule has 2 aliphatic rings. The topological polar surface area (TPSA) is 84.5 Å². The molecule has 1 aromatic heterocycles. The number of hydrogen-bond donors (Lipinski definition) is 3.